The van der Waals surface area contributed by atoms with E-state index in [0.29, 0.717) is 30.0 Å². The number of para-hydroxylation sites is 1. The molecular weight excluding hydrogens is 562 g/mol. The Bertz CT molecular complexity index is 1650. The van der Waals surface area contributed by atoms with Crippen LogP contribution in [0.15, 0.2) is 108 Å². The van der Waals surface area contributed by atoms with E-state index in [0.717, 1.165) is 11.1 Å². The summed E-state index contributed by atoms with van der Waals surface area (Å²) in [5.41, 5.74) is 3.35. The van der Waals surface area contributed by atoms with Gasteiger partial charge in [0.15, 0.2) is 0 Å². The van der Waals surface area contributed by atoms with Gasteiger partial charge >= 0.3 is 6.61 Å². The van der Waals surface area contributed by atoms with Crippen LogP contribution in [0, 0.1) is 0 Å². The molecule has 0 radical (unpaired) electrons. The zero-order chi connectivity index (χ0) is 29.5. The minimum atomic E-state index is -3.69. The van der Waals surface area contributed by atoms with Crippen LogP contribution >= 0.6 is 0 Å². The molecule has 5 rings (SSSR count). The Morgan fingerprint density at radius 1 is 0.833 bits per heavy atom. The number of hydrogen-bond acceptors (Lipinski definition) is 5. The lowest BCUT2D eigenvalue weighted by molar-refractivity contribution is -0.111. The van der Waals surface area contributed by atoms with Gasteiger partial charge in [0.2, 0.25) is 10.0 Å². The number of ether oxygens (including phenoxy) is 2. The zero-order valence-corrected chi connectivity index (χ0v) is 23.3. The Kier molecular flexibility index (Phi) is 9.06. The molecule has 0 saturated carbocycles. The fourth-order valence-electron chi connectivity index (χ4n) is 4.56. The molecule has 42 heavy (non-hydrogen) atoms. The van der Waals surface area contributed by atoms with Gasteiger partial charge in [-0.3, -0.25) is 4.79 Å². The number of carbonyl (C=O) groups excluding carboxylic acids is 1. The number of halogens is 2. The predicted molar refractivity (Wildman–Crippen MR) is 157 cm³/mol. The van der Waals surface area contributed by atoms with E-state index in [2.05, 4.69) is 10.1 Å². The van der Waals surface area contributed by atoms with Crippen molar-refractivity contribution in [2.45, 2.75) is 11.5 Å². The number of hydrogen-bond donors (Lipinski definition) is 1. The number of alkyl halides is 2. The van der Waals surface area contributed by atoms with Crippen molar-refractivity contribution in [1.29, 1.82) is 0 Å². The minimum Gasteiger partial charge on any atom is -0.434 e. The van der Waals surface area contributed by atoms with E-state index < -0.39 is 22.5 Å². The molecule has 1 saturated heterocycles. The SMILES string of the molecule is O=C(Nc1ccc(S(=O)(=O)N2CCOCC2)cc1)/C(=C/c1ccccc1OC(F)F)c1ccc(-c2ccccc2)cc1. The largest absolute Gasteiger partial charge is 0.434 e. The number of amides is 1. The summed E-state index contributed by atoms with van der Waals surface area (Å²) >= 11 is 0. The van der Waals surface area contributed by atoms with E-state index in [-0.39, 0.29) is 29.3 Å². The molecule has 1 fully saturated rings. The lowest BCUT2D eigenvalue weighted by Crippen LogP contribution is -2.40. The summed E-state index contributed by atoms with van der Waals surface area (Å²) < 4.78 is 63.4. The Hall–Kier alpha value is -4.38. The Morgan fingerprint density at radius 3 is 2.12 bits per heavy atom. The summed E-state index contributed by atoms with van der Waals surface area (Å²) in [6.07, 6.45) is 1.49. The van der Waals surface area contributed by atoms with Crippen LogP contribution in [-0.4, -0.2) is 51.5 Å². The number of rotatable bonds is 9. The van der Waals surface area contributed by atoms with E-state index in [1.54, 1.807) is 30.3 Å². The molecule has 1 amide bonds. The molecule has 1 heterocycles. The number of nitrogens with zero attached hydrogens (tertiary/aromatic N) is 1. The normalized spacial score (nSPS) is 14.5. The van der Waals surface area contributed by atoms with Gasteiger partial charge in [-0.2, -0.15) is 13.1 Å². The van der Waals surface area contributed by atoms with Gasteiger partial charge < -0.3 is 14.8 Å². The smallest absolute Gasteiger partial charge is 0.387 e. The van der Waals surface area contributed by atoms with Crippen LogP contribution in [0.25, 0.3) is 22.8 Å². The maximum atomic E-state index is 13.6. The van der Waals surface area contributed by atoms with Gasteiger partial charge in [0.25, 0.3) is 5.91 Å². The van der Waals surface area contributed by atoms with Crippen LogP contribution in [0.3, 0.4) is 0 Å². The van der Waals surface area contributed by atoms with Gasteiger partial charge in [-0.05, 0) is 53.1 Å². The lowest BCUT2D eigenvalue weighted by atomic mass is 9.98. The lowest BCUT2D eigenvalue weighted by Gasteiger charge is -2.26. The standard InChI is InChI=1S/C32H28F2N2O5S/c33-32(34)41-30-9-5-4-8-26(30)22-29(25-12-10-24(11-13-25)23-6-2-1-3-7-23)31(37)35-27-14-16-28(17-15-27)42(38,39)36-18-20-40-21-19-36/h1-17,22,32H,18-21H2,(H,35,37)/b29-22+. The fraction of sp³-hybridized carbons (Fsp3) is 0.156. The highest BCUT2D eigenvalue weighted by Gasteiger charge is 2.26. The van der Waals surface area contributed by atoms with Crippen molar-refractivity contribution in [3.63, 3.8) is 0 Å². The second-order valence-corrected chi connectivity index (χ2v) is 11.4. The molecule has 1 N–H and O–H groups in total. The van der Waals surface area contributed by atoms with Gasteiger partial charge in [-0.1, -0.05) is 72.8 Å². The van der Waals surface area contributed by atoms with Crippen LogP contribution in [-0.2, 0) is 19.6 Å². The van der Waals surface area contributed by atoms with E-state index in [1.807, 2.05) is 42.5 Å². The number of nitrogens with one attached hydrogen (secondary N) is 1. The minimum absolute atomic E-state index is 0.0728. The predicted octanol–water partition coefficient (Wildman–Crippen LogP) is 6.16. The summed E-state index contributed by atoms with van der Waals surface area (Å²) in [6.45, 7) is -1.82. The summed E-state index contributed by atoms with van der Waals surface area (Å²) in [5.74, 6) is -0.588. The zero-order valence-electron chi connectivity index (χ0n) is 22.5. The molecule has 10 heteroatoms. The molecule has 1 aliphatic heterocycles. The van der Waals surface area contributed by atoms with Gasteiger partial charge in [-0.15, -0.1) is 0 Å². The van der Waals surface area contributed by atoms with Crippen LogP contribution in [0.1, 0.15) is 11.1 Å². The van der Waals surface area contributed by atoms with Gasteiger partial charge in [0.05, 0.1) is 18.1 Å². The van der Waals surface area contributed by atoms with Gasteiger partial charge in [-0.25, -0.2) is 8.42 Å². The van der Waals surface area contributed by atoms with E-state index >= 15 is 0 Å². The number of morpholine rings is 1. The average Bonchev–Trinajstić information content (AvgIpc) is 3.01. The Labute approximate surface area is 243 Å². The quantitative estimate of drug-likeness (QED) is 0.187. The maximum Gasteiger partial charge on any atom is 0.387 e. The highest BCUT2D eigenvalue weighted by molar-refractivity contribution is 7.89. The van der Waals surface area contributed by atoms with Crippen molar-refractivity contribution in [2.24, 2.45) is 0 Å². The number of anilines is 1. The fourth-order valence-corrected chi connectivity index (χ4v) is 5.96. The monoisotopic (exact) mass is 590 g/mol. The van der Waals surface area contributed by atoms with E-state index in [1.165, 1.54) is 40.7 Å². The van der Waals surface area contributed by atoms with Crippen LogP contribution in [0.2, 0.25) is 0 Å². The molecule has 0 bridgehead atoms. The molecule has 216 valence electrons. The molecule has 7 nitrogen and oxygen atoms in total. The summed E-state index contributed by atoms with van der Waals surface area (Å²) in [4.78, 5) is 13.7. The maximum absolute atomic E-state index is 13.6. The molecule has 0 aromatic heterocycles. The second-order valence-electron chi connectivity index (χ2n) is 9.41. The van der Waals surface area contributed by atoms with Crippen LogP contribution < -0.4 is 10.1 Å². The van der Waals surface area contributed by atoms with Crippen molar-refractivity contribution in [3.8, 4) is 16.9 Å². The highest BCUT2D eigenvalue weighted by atomic mass is 32.2. The van der Waals surface area contributed by atoms with Crippen LogP contribution in [0.4, 0.5) is 14.5 Å². The van der Waals surface area contributed by atoms with Crippen LogP contribution in [0.5, 0.6) is 5.75 Å². The molecule has 0 atom stereocenters. The molecule has 4 aromatic carbocycles. The summed E-state index contributed by atoms with van der Waals surface area (Å²) in [5, 5.41) is 2.80. The number of sulfonamides is 1. The first-order valence-corrected chi connectivity index (χ1v) is 14.7. The topological polar surface area (TPSA) is 84.9 Å². The first kappa shape index (κ1) is 29.1. The van der Waals surface area contributed by atoms with Gasteiger partial charge in [0.1, 0.15) is 5.75 Å². The third kappa shape index (κ3) is 6.91. The summed E-state index contributed by atoms with van der Waals surface area (Å²) in [6, 6.07) is 29.1. The molecule has 0 aliphatic carbocycles. The first-order chi connectivity index (χ1) is 20.3. The summed E-state index contributed by atoms with van der Waals surface area (Å²) in [7, 11) is -3.69. The van der Waals surface area contributed by atoms with Crippen molar-refractivity contribution in [1.82, 2.24) is 4.31 Å². The van der Waals surface area contributed by atoms with Crippen molar-refractivity contribution in [2.75, 3.05) is 31.6 Å². The second kappa shape index (κ2) is 13.1. The average molecular weight is 591 g/mol. The van der Waals surface area contributed by atoms with Crippen molar-refractivity contribution in [3.05, 3.63) is 114 Å². The molecule has 1 aliphatic rings. The number of carbonyl (C=O) groups is 1. The first-order valence-electron chi connectivity index (χ1n) is 13.2. The molecule has 0 spiro atoms. The molecule has 0 unspecified atom stereocenters. The van der Waals surface area contributed by atoms with Gasteiger partial charge in [0, 0.05) is 29.9 Å². The Morgan fingerprint density at radius 2 is 1.45 bits per heavy atom. The van der Waals surface area contributed by atoms with Crippen molar-refractivity contribution >= 4 is 33.3 Å². The number of benzene rings is 4. The van der Waals surface area contributed by atoms with E-state index in [4.69, 9.17) is 4.74 Å². The molecular formula is C32H28F2N2O5S. The highest BCUT2D eigenvalue weighted by Crippen LogP contribution is 2.29. The Balaban J connectivity index is 1.45. The third-order valence-electron chi connectivity index (χ3n) is 6.70. The van der Waals surface area contributed by atoms with Crippen molar-refractivity contribution < 1.29 is 31.5 Å². The third-order valence-corrected chi connectivity index (χ3v) is 8.62. The molecule has 4 aromatic rings. The van der Waals surface area contributed by atoms with E-state index in [9.17, 15) is 22.0 Å².